The zero-order chi connectivity index (χ0) is 9.78. The van der Waals surface area contributed by atoms with E-state index in [1.54, 1.807) is 0 Å². The smallest absolute Gasteiger partial charge is 0.471 e. The third-order valence-electron chi connectivity index (χ3n) is 0.965. The molecule has 0 aliphatic rings. The number of phosphoric acid groups is 1. The van der Waals surface area contributed by atoms with Gasteiger partial charge >= 0.3 is 13.8 Å². The van der Waals surface area contributed by atoms with Gasteiger partial charge < -0.3 is 15.7 Å². The SMILES string of the molecule is COP(=O)(O)OC[C@H](N)C(=O)O. The van der Waals surface area contributed by atoms with Gasteiger partial charge in [-0.1, -0.05) is 0 Å². The fraction of sp³-hybridized carbons (Fsp3) is 0.750. The third kappa shape index (κ3) is 4.42. The van der Waals surface area contributed by atoms with Crippen LogP contribution in [-0.2, 0) is 18.4 Å². The molecule has 1 unspecified atom stereocenters. The van der Waals surface area contributed by atoms with E-state index in [1.165, 1.54) is 0 Å². The highest BCUT2D eigenvalue weighted by Gasteiger charge is 2.22. The summed E-state index contributed by atoms with van der Waals surface area (Å²) in [5.74, 6) is -1.31. The second-order valence-electron chi connectivity index (χ2n) is 1.89. The van der Waals surface area contributed by atoms with Gasteiger partial charge in [-0.2, -0.15) is 0 Å². The van der Waals surface area contributed by atoms with Crippen molar-refractivity contribution in [2.45, 2.75) is 6.04 Å². The lowest BCUT2D eigenvalue weighted by Crippen LogP contribution is -2.34. The minimum absolute atomic E-state index is 0.572. The molecule has 0 saturated heterocycles. The Bertz CT molecular complexity index is 206. The van der Waals surface area contributed by atoms with Crippen molar-refractivity contribution in [2.24, 2.45) is 5.73 Å². The van der Waals surface area contributed by atoms with Crippen molar-refractivity contribution in [2.75, 3.05) is 13.7 Å². The van der Waals surface area contributed by atoms with Gasteiger partial charge in [0.25, 0.3) is 0 Å². The molecule has 0 aromatic rings. The summed E-state index contributed by atoms with van der Waals surface area (Å²) in [6.07, 6.45) is 0. The van der Waals surface area contributed by atoms with Crippen molar-refractivity contribution in [3.8, 4) is 0 Å². The molecule has 0 radical (unpaired) electrons. The molecule has 0 heterocycles. The van der Waals surface area contributed by atoms with Gasteiger partial charge in [0.05, 0.1) is 6.61 Å². The maximum Gasteiger partial charge on any atom is 0.471 e. The Morgan fingerprint density at radius 3 is 2.58 bits per heavy atom. The average Bonchev–Trinajstić information content (AvgIpc) is 2.00. The number of carboxylic acid groups (broad SMARTS) is 1. The number of aliphatic carboxylic acids is 1. The number of rotatable bonds is 5. The van der Waals surface area contributed by atoms with Crippen LogP contribution in [-0.4, -0.2) is 35.7 Å². The van der Waals surface area contributed by atoms with E-state index < -0.39 is 26.4 Å². The van der Waals surface area contributed by atoms with E-state index >= 15 is 0 Å². The monoisotopic (exact) mass is 199 g/mol. The highest BCUT2D eigenvalue weighted by Crippen LogP contribution is 2.41. The quantitative estimate of drug-likeness (QED) is 0.494. The van der Waals surface area contributed by atoms with Crippen LogP contribution in [0.4, 0.5) is 0 Å². The predicted molar refractivity (Wildman–Crippen MR) is 38.4 cm³/mol. The Morgan fingerprint density at radius 1 is 1.75 bits per heavy atom. The maximum atomic E-state index is 10.6. The van der Waals surface area contributed by atoms with E-state index in [-0.39, 0.29) is 0 Å². The first kappa shape index (κ1) is 11.5. The van der Waals surface area contributed by atoms with Crippen LogP contribution in [0.2, 0.25) is 0 Å². The van der Waals surface area contributed by atoms with Crippen molar-refractivity contribution >= 4 is 13.8 Å². The van der Waals surface area contributed by atoms with Crippen molar-refractivity contribution < 1.29 is 28.4 Å². The molecule has 8 heteroatoms. The topological polar surface area (TPSA) is 119 Å². The molecule has 0 rings (SSSR count). The molecule has 7 nitrogen and oxygen atoms in total. The molecule has 0 aromatic carbocycles. The maximum absolute atomic E-state index is 10.6. The fourth-order valence-corrected chi connectivity index (χ4v) is 0.753. The molecule has 72 valence electrons. The summed E-state index contributed by atoms with van der Waals surface area (Å²) in [5.41, 5.74) is 4.97. The van der Waals surface area contributed by atoms with Crippen LogP contribution in [0.3, 0.4) is 0 Å². The van der Waals surface area contributed by atoms with Gasteiger partial charge in [0.2, 0.25) is 0 Å². The predicted octanol–water partition coefficient (Wildman–Crippen LogP) is -0.838. The molecule has 0 bridgehead atoms. The highest BCUT2D eigenvalue weighted by atomic mass is 31.2. The lowest BCUT2D eigenvalue weighted by atomic mass is 10.3. The Kier molecular flexibility index (Phi) is 4.36. The largest absolute Gasteiger partial charge is 0.480 e. The van der Waals surface area contributed by atoms with Gasteiger partial charge in [-0.3, -0.25) is 13.8 Å². The Balaban J connectivity index is 3.83. The van der Waals surface area contributed by atoms with E-state index in [0.717, 1.165) is 7.11 Å². The van der Waals surface area contributed by atoms with Crippen molar-refractivity contribution in [1.29, 1.82) is 0 Å². The second kappa shape index (κ2) is 4.54. The zero-order valence-corrected chi connectivity index (χ0v) is 7.23. The summed E-state index contributed by atoms with van der Waals surface area (Å²) < 4.78 is 18.8. The van der Waals surface area contributed by atoms with Crippen molar-refractivity contribution in [3.63, 3.8) is 0 Å². The molecule has 12 heavy (non-hydrogen) atoms. The van der Waals surface area contributed by atoms with Crippen LogP contribution in [0.5, 0.6) is 0 Å². The molecule has 0 aliphatic heterocycles. The van der Waals surface area contributed by atoms with Gasteiger partial charge in [0.15, 0.2) is 0 Å². The normalized spacial score (nSPS) is 18.2. The van der Waals surface area contributed by atoms with Gasteiger partial charge in [-0.15, -0.1) is 0 Å². The van der Waals surface area contributed by atoms with Gasteiger partial charge in [-0.05, 0) is 0 Å². The molecular formula is C4H10NO6P. The Morgan fingerprint density at radius 2 is 2.25 bits per heavy atom. The lowest BCUT2D eigenvalue weighted by Gasteiger charge is -2.10. The van der Waals surface area contributed by atoms with Crippen LogP contribution in [0.25, 0.3) is 0 Å². The summed E-state index contributed by atoms with van der Waals surface area (Å²) in [5, 5.41) is 8.23. The van der Waals surface area contributed by atoms with Crippen molar-refractivity contribution in [1.82, 2.24) is 0 Å². The Hall–Kier alpha value is -0.460. The first-order valence-electron chi connectivity index (χ1n) is 2.90. The summed E-state index contributed by atoms with van der Waals surface area (Å²) in [6.45, 7) is -0.572. The van der Waals surface area contributed by atoms with Crippen molar-refractivity contribution in [3.05, 3.63) is 0 Å². The molecule has 0 aliphatic carbocycles. The zero-order valence-electron chi connectivity index (χ0n) is 6.34. The molecule has 0 spiro atoms. The second-order valence-corrected chi connectivity index (χ2v) is 3.45. The van der Waals surface area contributed by atoms with Crippen LogP contribution in [0, 0.1) is 0 Å². The summed E-state index contributed by atoms with van der Waals surface area (Å²) >= 11 is 0. The molecule has 0 fully saturated rings. The van der Waals surface area contributed by atoms with Gasteiger partial charge in [0, 0.05) is 7.11 Å². The van der Waals surface area contributed by atoms with Crippen LogP contribution in [0.1, 0.15) is 0 Å². The fourth-order valence-electron chi connectivity index (χ4n) is 0.298. The molecule has 0 saturated carbocycles. The van der Waals surface area contributed by atoms with E-state index in [1.807, 2.05) is 0 Å². The number of hydrogen-bond donors (Lipinski definition) is 3. The number of carboxylic acids is 1. The van der Waals surface area contributed by atoms with E-state index in [0.29, 0.717) is 0 Å². The third-order valence-corrected chi connectivity index (χ3v) is 1.90. The van der Waals surface area contributed by atoms with Crippen LogP contribution >= 0.6 is 7.82 Å². The molecule has 0 amide bonds. The number of carbonyl (C=O) groups is 1. The highest BCUT2D eigenvalue weighted by molar-refractivity contribution is 7.47. The molecular weight excluding hydrogens is 189 g/mol. The first-order valence-corrected chi connectivity index (χ1v) is 4.40. The number of hydrogen-bond acceptors (Lipinski definition) is 5. The Labute approximate surface area is 68.7 Å². The average molecular weight is 199 g/mol. The minimum atomic E-state index is -4.11. The first-order chi connectivity index (χ1) is 5.39. The summed E-state index contributed by atoms with van der Waals surface area (Å²) in [6, 6.07) is -1.33. The summed E-state index contributed by atoms with van der Waals surface area (Å²) in [4.78, 5) is 18.7. The van der Waals surface area contributed by atoms with E-state index in [4.69, 9.17) is 15.7 Å². The molecule has 4 N–H and O–H groups in total. The molecule has 0 aromatic heterocycles. The minimum Gasteiger partial charge on any atom is -0.480 e. The standard InChI is InChI=1S/C4H10NO6P/c1-10-12(8,9)11-2-3(5)4(6)7/h3H,2,5H2,1H3,(H,6,7)(H,8,9)/t3-/m0/s1. The van der Waals surface area contributed by atoms with Crippen LogP contribution < -0.4 is 5.73 Å². The lowest BCUT2D eigenvalue weighted by molar-refractivity contribution is -0.139. The summed E-state index contributed by atoms with van der Waals surface area (Å²) in [7, 11) is -3.14. The van der Waals surface area contributed by atoms with E-state index in [9.17, 15) is 9.36 Å². The van der Waals surface area contributed by atoms with Gasteiger partial charge in [0.1, 0.15) is 6.04 Å². The van der Waals surface area contributed by atoms with Crippen LogP contribution in [0.15, 0.2) is 0 Å². The number of nitrogens with two attached hydrogens (primary N) is 1. The van der Waals surface area contributed by atoms with Gasteiger partial charge in [-0.25, -0.2) is 4.57 Å². The van der Waals surface area contributed by atoms with E-state index in [2.05, 4.69) is 9.05 Å². The molecule has 2 atom stereocenters. The number of phosphoric ester groups is 1.